The molecule has 0 aliphatic heterocycles. The maximum atomic E-state index is 12.5. The van der Waals surface area contributed by atoms with E-state index in [2.05, 4.69) is 19.8 Å². The fraction of sp³-hybridized carbons (Fsp3) is 0.250. The molecule has 0 atom stereocenters. The van der Waals surface area contributed by atoms with Gasteiger partial charge in [0.25, 0.3) is 10.0 Å². The van der Waals surface area contributed by atoms with Crippen LogP contribution in [0.4, 0.5) is 0 Å². The fourth-order valence-corrected chi connectivity index (χ4v) is 4.11. The summed E-state index contributed by atoms with van der Waals surface area (Å²) in [6.45, 7) is 3.65. The number of fused-ring (bicyclic) bond motifs is 1. The van der Waals surface area contributed by atoms with Crippen molar-refractivity contribution in [1.29, 1.82) is 0 Å². The van der Waals surface area contributed by atoms with Crippen LogP contribution in [-0.4, -0.2) is 28.0 Å². The van der Waals surface area contributed by atoms with E-state index in [1.54, 1.807) is 31.5 Å². The molecule has 0 fully saturated rings. The van der Waals surface area contributed by atoms with Gasteiger partial charge in [-0.25, -0.2) is 18.1 Å². The number of nitrogens with one attached hydrogen (secondary N) is 1. The van der Waals surface area contributed by atoms with Gasteiger partial charge in [-0.15, -0.1) is 0 Å². The van der Waals surface area contributed by atoms with Crippen LogP contribution in [0.2, 0.25) is 0 Å². The number of hydrogen-bond donors (Lipinski definition) is 1. The molecule has 3 aromatic heterocycles. The van der Waals surface area contributed by atoms with Gasteiger partial charge in [-0.05, 0) is 25.5 Å². The lowest BCUT2D eigenvalue weighted by Crippen LogP contribution is -2.25. The topological polar surface area (TPSA) is 89.3 Å². The number of imidazole rings is 1. The number of hydrogen-bond acceptors (Lipinski definition) is 6. The minimum Gasteiger partial charge on any atom is -0.264 e. The Kier molecular flexibility index (Phi) is 3.47. The van der Waals surface area contributed by atoms with Gasteiger partial charge in [0.2, 0.25) is 4.96 Å². The summed E-state index contributed by atoms with van der Waals surface area (Å²) in [5.74, 6) is 0. The molecule has 110 valence electrons. The molecule has 21 heavy (non-hydrogen) atoms. The summed E-state index contributed by atoms with van der Waals surface area (Å²) in [7, 11) is -3.69. The zero-order valence-corrected chi connectivity index (χ0v) is 13.1. The highest BCUT2D eigenvalue weighted by atomic mass is 32.2. The van der Waals surface area contributed by atoms with Crippen molar-refractivity contribution >= 4 is 26.3 Å². The van der Waals surface area contributed by atoms with E-state index >= 15 is 0 Å². The highest BCUT2D eigenvalue weighted by Gasteiger charge is 2.25. The zero-order valence-electron chi connectivity index (χ0n) is 11.4. The van der Waals surface area contributed by atoms with Gasteiger partial charge in [-0.1, -0.05) is 17.4 Å². The largest absolute Gasteiger partial charge is 0.264 e. The van der Waals surface area contributed by atoms with E-state index in [9.17, 15) is 8.42 Å². The standard InChI is InChI=1S/C12H13N5O2S2/c1-8-11(17-12(15-8)20-9(2)16-17)21(18,19)14-7-10-4-3-5-13-6-10/h3-6,14H,7H2,1-2H3. The first-order chi connectivity index (χ1) is 9.97. The van der Waals surface area contributed by atoms with E-state index in [0.717, 1.165) is 10.6 Å². The lowest BCUT2D eigenvalue weighted by atomic mass is 10.3. The molecule has 0 amide bonds. The van der Waals surface area contributed by atoms with Crippen LogP contribution in [0.1, 0.15) is 16.3 Å². The molecule has 0 saturated heterocycles. The first kappa shape index (κ1) is 14.1. The third kappa shape index (κ3) is 2.67. The average molecular weight is 323 g/mol. The Morgan fingerprint density at radius 2 is 2.19 bits per heavy atom. The Bertz CT molecular complexity index is 883. The summed E-state index contributed by atoms with van der Waals surface area (Å²) >= 11 is 1.36. The summed E-state index contributed by atoms with van der Waals surface area (Å²) in [5.41, 5.74) is 1.22. The maximum absolute atomic E-state index is 12.5. The highest BCUT2D eigenvalue weighted by molar-refractivity contribution is 7.89. The van der Waals surface area contributed by atoms with Crippen molar-refractivity contribution in [2.24, 2.45) is 0 Å². The SMILES string of the molecule is Cc1nn2c(S(=O)(=O)NCc3cccnc3)c(C)nc2s1. The first-order valence-electron chi connectivity index (χ1n) is 6.19. The van der Waals surface area contributed by atoms with Crippen LogP contribution < -0.4 is 4.72 Å². The van der Waals surface area contributed by atoms with Crippen LogP contribution in [0, 0.1) is 13.8 Å². The molecular weight excluding hydrogens is 310 g/mol. The van der Waals surface area contributed by atoms with E-state index < -0.39 is 10.0 Å². The third-order valence-electron chi connectivity index (χ3n) is 2.87. The maximum Gasteiger partial charge on any atom is 0.260 e. The van der Waals surface area contributed by atoms with Crippen molar-refractivity contribution in [3.8, 4) is 0 Å². The Labute approximate surface area is 125 Å². The van der Waals surface area contributed by atoms with Gasteiger partial charge in [0, 0.05) is 18.9 Å². The molecule has 7 nitrogen and oxygen atoms in total. The number of sulfonamides is 1. The molecule has 3 heterocycles. The molecule has 0 bridgehead atoms. The molecule has 0 spiro atoms. The van der Waals surface area contributed by atoms with Gasteiger partial charge in [0.05, 0.1) is 5.69 Å². The second-order valence-electron chi connectivity index (χ2n) is 4.50. The molecule has 0 aliphatic carbocycles. The minimum atomic E-state index is -3.69. The molecule has 1 N–H and O–H groups in total. The summed E-state index contributed by atoms with van der Waals surface area (Å²) in [4.78, 5) is 8.77. The number of aromatic nitrogens is 4. The minimum absolute atomic E-state index is 0.0886. The van der Waals surface area contributed by atoms with Crippen LogP contribution in [-0.2, 0) is 16.6 Å². The number of rotatable bonds is 4. The first-order valence-corrected chi connectivity index (χ1v) is 8.49. The Morgan fingerprint density at radius 1 is 1.38 bits per heavy atom. The Balaban J connectivity index is 1.94. The predicted octanol–water partition coefficient (Wildman–Crippen LogP) is 1.28. The predicted molar refractivity (Wildman–Crippen MR) is 78.6 cm³/mol. The lowest BCUT2D eigenvalue weighted by Gasteiger charge is -2.06. The normalized spacial score (nSPS) is 12.1. The second-order valence-corrected chi connectivity index (χ2v) is 7.35. The Morgan fingerprint density at radius 3 is 2.90 bits per heavy atom. The Hall–Kier alpha value is -1.84. The molecule has 0 unspecified atom stereocenters. The van der Waals surface area contributed by atoms with Gasteiger partial charge in [0.15, 0.2) is 5.03 Å². The van der Waals surface area contributed by atoms with Gasteiger partial charge in [0.1, 0.15) is 5.01 Å². The van der Waals surface area contributed by atoms with Crippen molar-refractivity contribution in [2.45, 2.75) is 25.4 Å². The summed E-state index contributed by atoms with van der Waals surface area (Å²) < 4.78 is 28.9. The van der Waals surface area contributed by atoms with Crippen LogP contribution >= 0.6 is 11.3 Å². The molecule has 0 saturated carbocycles. The quantitative estimate of drug-likeness (QED) is 0.781. The van der Waals surface area contributed by atoms with Crippen molar-refractivity contribution in [2.75, 3.05) is 0 Å². The molecule has 0 aromatic carbocycles. The molecule has 9 heteroatoms. The van der Waals surface area contributed by atoms with Crippen molar-refractivity contribution in [1.82, 2.24) is 24.3 Å². The summed E-state index contributed by atoms with van der Waals surface area (Å²) in [6.07, 6.45) is 3.26. The van der Waals surface area contributed by atoms with E-state index in [1.165, 1.54) is 15.9 Å². The van der Waals surface area contributed by atoms with E-state index in [0.29, 0.717) is 10.7 Å². The van der Waals surface area contributed by atoms with E-state index in [-0.39, 0.29) is 11.6 Å². The third-order valence-corrected chi connectivity index (χ3v) is 5.20. The highest BCUT2D eigenvalue weighted by Crippen LogP contribution is 2.21. The molecular formula is C12H13N5O2S2. The lowest BCUT2D eigenvalue weighted by molar-refractivity contribution is 0.572. The van der Waals surface area contributed by atoms with Crippen LogP contribution in [0.25, 0.3) is 4.96 Å². The average Bonchev–Trinajstić information content (AvgIpc) is 2.92. The van der Waals surface area contributed by atoms with Crippen molar-refractivity contribution < 1.29 is 8.42 Å². The second kappa shape index (κ2) is 5.17. The van der Waals surface area contributed by atoms with Crippen molar-refractivity contribution in [3.63, 3.8) is 0 Å². The molecule has 0 aliphatic rings. The van der Waals surface area contributed by atoms with Crippen molar-refractivity contribution in [3.05, 3.63) is 40.8 Å². The number of pyridine rings is 1. The van der Waals surface area contributed by atoms with Crippen LogP contribution in [0.5, 0.6) is 0 Å². The van der Waals surface area contributed by atoms with Gasteiger partial charge in [-0.2, -0.15) is 9.61 Å². The zero-order chi connectivity index (χ0) is 15.0. The molecule has 3 rings (SSSR count). The monoisotopic (exact) mass is 323 g/mol. The summed E-state index contributed by atoms with van der Waals surface area (Å²) in [6, 6.07) is 3.57. The van der Waals surface area contributed by atoms with E-state index in [4.69, 9.17) is 0 Å². The van der Waals surface area contributed by atoms with E-state index in [1.807, 2.05) is 6.92 Å². The fourth-order valence-electron chi connectivity index (χ4n) is 1.98. The number of nitrogens with zero attached hydrogens (tertiary/aromatic N) is 4. The van der Waals surface area contributed by atoms with Gasteiger partial charge < -0.3 is 0 Å². The van der Waals surface area contributed by atoms with Crippen LogP contribution in [0.15, 0.2) is 29.6 Å². The van der Waals surface area contributed by atoms with Gasteiger partial charge in [-0.3, -0.25) is 4.98 Å². The summed E-state index contributed by atoms with van der Waals surface area (Å²) in [5, 5.41) is 5.05. The van der Waals surface area contributed by atoms with Gasteiger partial charge >= 0.3 is 0 Å². The molecule has 0 radical (unpaired) electrons. The smallest absolute Gasteiger partial charge is 0.260 e. The molecule has 3 aromatic rings. The van der Waals surface area contributed by atoms with Crippen LogP contribution in [0.3, 0.4) is 0 Å². The number of aryl methyl sites for hydroxylation is 2.